The number of sulfonamides is 1. The van der Waals surface area contributed by atoms with E-state index in [4.69, 9.17) is 0 Å². The third kappa shape index (κ3) is 5.86. The third-order valence-corrected chi connectivity index (χ3v) is 8.20. The van der Waals surface area contributed by atoms with Gasteiger partial charge in [-0.3, -0.25) is 19.1 Å². The minimum atomic E-state index is -4.14. The first-order chi connectivity index (χ1) is 18.5. The van der Waals surface area contributed by atoms with Crippen molar-refractivity contribution in [1.29, 1.82) is 0 Å². The minimum Gasteiger partial charge on any atom is -0.480 e. The summed E-state index contributed by atoms with van der Waals surface area (Å²) in [7, 11) is -2.59. The van der Waals surface area contributed by atoms with Gasteiger partial charge in [-0.15, -0.1) is 0 Å². The predicted molar refractivity (Wildman–Crippen MR) is 146 cm³/mol. The molecule has 1 unspecified atom stereocenters. The van der Waals surface area contributed by atoms with Crippen LogP contribution in [0.2, 0.25) is 0 Å². The molecule has 4 aromatic rings. The summed E-state index contributed by atoms with van der Waals surface area (Å²) in [4.78, 5) is 43.6. The average Bonchev–Trinajstić information content (AvgIpc) is 3.30. The van der Waals surface area contributed by atoms with Crippen LogP contribution in [0.25, 0.3) is 11.2 Å². The van der Waals surface area contributed by atoms with Gasteiger partial charge in [0.2, 0.25) is 10.0 Å². The van der Waals surface area contributed by atoms with Crippen LogP contribution >= 0.6 is 0 Å². The number of imidazole rings is 1. The average molecular weight is 554 g/mol. The van der Waals surface area contributed by atoms with Gasteiger partial charge in [0.05, 0.1) is 10.9 Å². The topological polar surface area (TPSA) is 156 Å². The molecule has 4 rings (SSSR count). The molecule has 2 heterocycles. The first-order valence-corrected chi connectivity index (χ1v) is 14.1. The molecule has 2 aromatic heterocycles. The molecule has 0 aliphatic heterocycles. The van der Waals surface area contributed by atoms with Crippen LogP contribution in [0, 0.1) is 0 Å². The number of nitrogens with one attached hydrogen (secondary N) is 2. The molecule has 0 saturated heterocycles. The number of aryl methyl sites for hydroxylation is 2. The fourth-order valence-corrected chi connectivity index (χ4v) is 5.72. The van der Waals surface area contributed by atoms with Crippen molar-refractivity contribution in [2.75, 3.05) is 0 Å². The smallest absolute Gasteiger partial charge is 0.329 e. The highest BCUT2D eigenvalue weighted by molar-refractivity contribution is 7.89. The van der Waals surface area contributed by atoms with Crippen molar-refractivity contribution < 1.29 is 18.3 Å². The summed E-state index contributed by atoms with van der Waals surface area (Å²) < 4.78 is 31.5. The maximum Gasteiger partial charge on any atom is 0.329 e. The van der Waals surface area contributed by atoms with Gasteiger partial charge in [-0.05, 0) is 43.0 Å². The van der Waals surface area contributed by atoms with Crippen LogP contribution in [0.1, 0.15) is 49.7 Å². The quantitative estimate of drug-likeness (QED) is 0.257. The maximum absolute atomic E-state index is 13.0. The molecule has 2 aromatic carbocycles. The molecule has 2 atom stereocenters. The van der Waals surface area contributed by atoms with Crippen LogP contribution in [0.15, 0.2) is 69.1 Å². The Balaban J connectivity index is 1.66. The van der Waals surface area contributed by atoms with Crippen LogP contribution in [0.4, 0.5) is 0 Å². The number of carboxylic acids is 1. The number of unbranched alkanes of at least 4 members (excludes halogenated alkanes) is 1. The number of aromatic nitrogens is 4. The Morgan fingerprint density at radius 1 is 1.10 bits per heavy atom. The number of aromatic amines is 1. The summed E-state index contributed by atoms with van der Waals surface area (Å²) in [5.41, 5.74) is 0.842. The third-order valence-electron chi connectivity index (χ3n) is 6.72. The van der Waals surface area contributed by atoms with Gasteiger partial charge in [0.25, 0.3) is 5.56 Å². The molecule has 0 aliphatic rings. The van der Waals surface area contributed by atoms with Crippen molar-refractivity contribution in [3.63, 3.8) is 0 Å². The number of benzene rings is 2. The van der Waals surface area contributed by atoms with E-state index in [2.05, 4.69) is 14.7 Å². The van der Waals surface area contributed by atoms with Gasteiger partial charge in [-0.1, -0.05) is 55.8 Å². The van der Waals surface area contributed by atoms with Crippen LogP contribution in [0.3, 0.4) is 0 Å². The van der Waals surface area contributed by atoms with Gasteiger partial charge >= 0.3 is 11.7 Å². The first-order valence-electron chi connectivity index (χ1n) is 12.6. The van der Waals surface area contributed by atoms with Crippen molar-refractivity contribution in [3.8, 4) is 0 Å². The van der Waals surface area contributed by atoms with E-state index in [-0.39, 0.29) is 22.5 Å². The lowest BCUT2D eigenvalue weighted by Gasteiger charge is -2.19. The zero-order chi connectivity index (χ0) is 28.3. The summed E-state index contributed by atoms with van der Waals surface area (Å²) >= 11 is 0. The number of aliphatic carboxylic acids is 1. The lowest BCUT2D eigenvalue weighted by Crippen LogP contribution is -2.42. The highest BCUT2D eigenvalue weighted by Gasteiger charge is 2.27. The molecule has 0 spiro atoms. The second kappa shape index (κ2) is 11.4. The molecule has 12 heteroatoms. The van der Waals surface area contributed by atoms with Gasteiger partial charge in [-0.25, -0.2) is 18.2 Å². The Kier molecular flexibility index (Phi) is 8.17. The lowest BCUT2D eigenvalue weighted by atomic mass is 10.1. The van der Waals surface area contributed by atoms with E-state index in [1.54, 1.807) is 54.1 Å². The SMILES string of the molecule is CCCCc1nc2c(c(=O)[nH]c(=O)n2C)n1C(C)c1ccc(S(=O)(=O)N[C@H](Cc2ccccc2)C(=O)O)cc1. The molecule has 39 heavy (non-hydrogen) atoms. The Hall–Kier alpha value is -4.03. The number of nitrogens with zero attached hydrogens (tertiary/aromatic N) is 3. The van der Waals surface area contributed by atoms with Crippen molar-refractivity contribution in [1.82, 2.24) is 23.8 Å². The maximum atomic E-state index is 13.0. The van der Waals surface area contributed by atoms with Gasteiger partial charge < -0.3 is 9.67 Å². The second-order valence-electron chi connectivity index (χ2n) is 9.44. The summed E-state index contributed by atoms with van der Waals surface area (Å²) in [5.74, 6) is -0.631. The molecular weight excluding hydrogens is 522 g/mol. The largest absolute Gasteiger partial charge is 0.480 e. The normalized spacial score (nSPS) is 13.4. The zero-order valence-corrected chi connectivity index (χ0v) is 22.7. The number of carbonyl (C=O) groups is 1. The van der Waals surface area contributed by atoms with Crippen molar-refractivity contribution in [2.24, 2.45) is 7.05 Å². The van der Waals surface area contributed by atoms with Gasteiger partial charge in [0.1, 0.15) is 11.9 Å². The molecule has 0 radical (unpaired) electrons. The Morgan fingerprint density at radius 3 is 2.38 bits per heavy atom. The number of hydrogen-bond acceptors (Lipinski definition) is 6. The molecule has 0 fully saturated rings. The molecule has 3 N–H and O–H groups in total. The van der Waals surface area contributed by atoms with E-state index < -0.39 is 39.3 Å². The summed E-state index contributed by atoms with van der Waals surface area (Å²) in [5, 5.41) is 9.62. The van der Waals surface area contributed by atoms with Gasteiger partial charge in [0, 0.05) is 13.5 Å². The molecule has 0 bridgehead atoms. The highest BCUT2D eigenvalue weighted by Crippen LogP contribution is 2.26. The standard InChI is InChI=1S/C27H31N5O6S/c1-4-5-11-22-28-24-23(25(33)29-27(36)31(24)3)32(22)17(2)19-12-14-20(15-13-19)39(37,38)30-21(26(34)35)16-18-9-7-6-8-10-18/h6-10,12-15,17,21,30H,4-5,11,16H2,1-3H3,(H,34,35)(H,29,33,36)/t17?,21-/m1/s1. The van der Waals surface area contributed by atoms with Gasteiger partial charge in [-0.2, -0.15) is 4.72 Å². The van der Waals surface area contributed by atoms with Crippen molar-refractivity contribution in [2.45, 2.75) is 56.5 Å². The molecule has 0 aliphatic carbocycles. The Bertz CT molecular complexity index is 1710. The molecule has 0 amide bonds. The van der Waals surface area contributed by atoms with Crippen LogP contribution in [0.5, 0.6) is 0 Å². The number of fused-ring (bicyclic) bond motifs is 1. The lowest BCUT2D eigenvalue weighted by molar-refractivity contribution is -0.138. The van der Waals surface area contributed by atoms with E-state index in [0.29, 0.717) is 23.4 Å². The fraction of sp³-hybridized carbons (Fsp3) is 0.333. The molecule has 11 nitrogen and oxygen atoms in total. The number of rotatable bonds is 11. The predicted octanol–water partition coefficient (Wildman–Crippen LogP) is 2.35. The minimum absolute atomic E-state index is 0.00416. The van der Waals surface area contributed by atoms with E-state index in [0.717, 1.165) is 12.8 Å². The monoisotopic (exact) mass is 553 g/mol. The van der Waals surface area contributed by atoms with E-state index in [9.17, 15) is 27.9 Å². The van der Waals surface area contributed by atoms with Crippen LogP contribution < -0.4 is 16.0 Å². The highest BCUT2D eigenvalue weighted by atomic mass is 32.2. The fourth-order valence-electron chi connectivity index (χ4n) is 4.53. The molecule has 0 saturated carbocycles. The van der Waals surface area contributed by atoms with E-state index in [1.165, 1.54) is 16.7 Å². The van der Waals surface area contributed by atoms with Crippen LogP contribution in [-0.2, 0) is 34.7 Å². The van der Waals surface area contributed by atoms with E-state index in [1.807, 2.05) is 13.8 Å². The zero-order valence-electron chi connectivity index (χ0n) is 21.9. The van der Waals surface area contributed by atoms with E-state index >= 15 is 0 Å². The Morgan fingerprint density at radius 2 is 1.77 bits per heavy atom. The number of carboxylic acid groups (broad SMARTS) is 1. The second-order valence-corrected chi connectivity index (χ2v) is 11.2. The van der Waals surface area contributed by atoms with Crippen molar-refractivity contribution in [3.05, 3.63) is 92.4 Å². The van der Waals surface area contributed by atoms with Gasteiger partial charge in [0.15, 0.2) is 11.2 Å². The summed E-state index contributed by atoms with van der Waals surface area (Å²) in [6, 6.07) is 13.1. The summed E-state index contributed by atoms with van der Waals surface area (Å²) in [6.45, 7) is 3.91. The Labute approximate surface area is 225 Å². The molecule has 206 valence electrons. The first kappa shape index (κ1) is 28.0. The van der Waals surface area contributed by atoms with Crippen LogP contribution in [-0.4, -0.2) is 44.6 Å². The molecular formula is C27H31N5O6S. The van der Waals surface area contributed by atoms with Crippen molar-refractivity contribution >= 4 is 27.2 Å². The number of hydrogen-bond donors (Lipinski definition) is 3. The number of H-pyrrole nitrogens is 1. The summed E-state index contributed by atoms with van der Waals surface area (Å²) in [6.07, 6.45) is 2.33.